The van der Waals surface area contributed by atoms with Gasteiger partial charge in [-0.3, -0.25) is 0 Å². The minimum atomic E-state index is -3.33. The molecule has 1 aromatic carbocycles. The second-order valence-electron chi connectivity index (χ2n) is 4.29. The van der Waals surface area contributed by atoms with Crippen LogP contribution in [0, 0.1) is 0 Å². The van der Waals surface area contributed by atoms with Crippen molar-refractivity contribution in [2.45, 2.75) is 16.6 Å². The van der Waals surface area contributed by atoms with Crippen LogP contribution in [-0.2, 0) is 15.4 Å². The van der Waals surface area contributed by atoms with Crippen LogP contribution in [0.2, 0.25) is 0 Å². The highest BCUT2D eigenvalue weighted by atomic mass is 79.9. The normalized spacial score (nSPS) is 18.5. The van der Waals surface area contributed by atoms with Gasteiger partial charge in [-0.25, -0.2) is 8.42 Å². The topological polar surface area (TPSA) is 49.4 Å². The Morgan fingerprint density at radius 3 is 2.56 bits per heavy atom. The minimum Gasteiger partial charge on any atom is -0.315 e. The zero-order valence-corrected chi connectivity index (χ0v) is 12.5. The second kappa shape index (κ2) is 6.14. The lowest BCUT2D eigenvalue weighted by molar-refractivity contribution is 0.432. The maximum absolute atomic E-state index is 12.4. The number of rotatable bonds is 3. The Balaban J connectivity index is 2.22. The van der Waals surface area contributed by atoms with Gasteiger partial charge in [0.25, 0.3) is 0 Å². The molecule has 0 amide bonds. The summed E-state index contributed by atoms with van der Waals surface area (Å²) in [5.74, 6) is 0. The summed E-state index contributed by atoms with van der Waals surface area (Å²) in [7, 11) is -3.33. The molecule has 0 bridgehead atoms. The zero-order valence-electron chi connectivity index (χ0n) is 10.1. The smallest absolute Gasteiger partial charge is 0.243 e. The number of nitrogens with zero attached hydrogens (tertiary/aromatic N) is 1. The van der Waals surface area contributed by atoms with E-state index < -0.39 is 10.0 Å². The fourth-order valence-electron chi connectivity index (χ4n) is 1.96. The lowest BCUT2D eigenvalue weighted by Gasteiger charge is -2.19. The lowest BCUT2D eigenvalue weighted by atomic mass is 10.2. The Labute approximate surface area is 117 Å². The molecule has 0 radical (unpaired) electrons. The first-order valence-electron chi connectivity index (χ1n) is 6.00. The molecule has 18 heavy (non-hydrogen) atoms. The molecule has 100 valence electrons. The highest BCUT2D eigenvalue weighted by Gasteiger charge is 2.24. The molecule has 4 nitrogen and oxygen atoms in total. The maximum Gasteiger partial charge on any atom is 0.243 e. The van der Waals surface area contributed by atoms with E-state index in [0.29, 0.717) is 18.0 Å². The number of halogens is 1. The first-order valence-corrected chi connectivity index (χ1v) is 8.56. The number of nitrogens with one attached hydrogen (secondary N) is 1. The highest BCUT2D eigenvalue weighted by molar-refractivity contribution is 9.08. The summed E-state index contributed by atoms with van der Waals surface area (Å²) in [5, 5.41) is 3.94. The summed E-state index contributed by atoms with van der Waals surface area (Å²) in [6.45, 7) is 2.74. The van der Waals surface area contributed by atoms with E-state index in [0.717, 1.165) is 30.4 Å². The van der Waals surface area contributed by atoms with Gasteiger partial charge in [-0.1, -0.05) is 28.1 Å². The van der Waals surface area contributed by atoms with E-state index in [4.69, 9.17) is 0 Å². The largest absolute Gasteiger partial charge is 0.315 e. The van der Waals surface area contributed by atoms with Crippen LogP contribution in [0.25, 0.3) is 0 Å². The Kier molecular flexibility index (Phi) is 4.77. The molecule has 1 heterocycles. The van der Waals surface area contributed by atoms with E-state index in [2.05, 4.69) is 21.2 Å². The molecule has 1 N–H and O–H groups in total. The highest BCUT2D eigenvalue weighted by Crippen LogP contribution is 2.18. The average Bonchev–Trinajstić information content (AvgIpc) is 2.68. The van der Waals surface area contributed by atoms with Gasteiger partial charge in [0, 0.05) is 25.0 Å². The molecule has 0 spiro atoms. The molecule has 6 heteroatoms. The SMILES string of the molecule is O=S(=O)(c1ccc(CBr)cc1)N1CCCNCC1. The fraction of sp³-hybridized carbons (Fsp3) is 0.500. The molecule has 0 aromatic heterocycles. The van der Waals surface area contributed by atoms with Crippen LogP contribution in [0.15, 0.2) is 29.2 Å². The Bertz CT molecular complexity index is 479. The third-order valence-corrected chi connectivity index (χ3v) is 5.57. The van der Waals surface area contributed by atoms with Crippen molar-refractivity contribution in [3.05, 3.63) is 29.8 Å². The Hall–Kier alpha value is -0.430. The van der Waals surface area contributed by atoms with Crippen LogP contribution in [0.3, 0.4) is 0 Å². The van der Waals surface area contributed by atoms with Crippen LogP contribution in [-0.4, -0.2) is 38.9 Å². The summed E-state index contributed by atoms with van der Waals surface area (Å²) in [6.07, 6.45) is 0.860. The summed E-state index contributed by atoms with van der Waals surface area (Å²) in [4.78, 5) is 0.383. The van der Waals surface area contributed by atoms with E-state index in [1.807, 2.05) is 12.1 Å². The fourth-order valence-corrected chi connectivity index (χ4v) is 3.81. The van der Waals surface area contributed by atoms with Gasteiger partial charge < -0.3 is 5.32 Å². The van der Waals surface area contributed by atoms with E-state index in [-0.39, 0.29) is 0 Å². The third kappa shape index (κ3) is 3.12. The minimum absolute atomic E-state index is 0.383. The van der Waals surface area contributed by atoms with Crippen molar-refractivity contribution in [1.82, 2.24) is 9.62 Å². The molecule has 0 aliphatic carbocycles. The van der Waals surface area contributed by atoms with Gasteiger partial charge in [0.05, 0.1) is 4.90 Å². The Morgan fingerprint density at radius 1 is 1.17 bits per heavy atom. The third-order valence-electron chi connectivity index (χ3n) is 3.01. The van der Waals surface area contributed by atoms with Crippen LogP contribution < -0.4 is 5.32 Å². The average molecular weight is 333 g/mol. The quantitative estimate of drug-likeness (QED) is 0.854. The van der Waals surface area contributed by atoms with Crippen LogP contribution in [0.1, 0.15) is 12.0 Å². The van der Waals surface area contributed by atoms with Gasteiger partial charge in [0.15, 0.2) is 0 Å². The summed E-state index contributed by atoms with van der Waals surface area (Å²) in [5.41, 5.74) is 1.08. The lowest BCUT2D eigenvalue weighted by Crippen LogP contribution is -2.34. The summed E-state index contributed by atoms with van der Waals surface area (Å²) >= 11 is 3.35. The number of sulfonamides is 1. The Morgan fingerprint density at radius 2 is 1.89 bits per heavy atom. The van der Waals surface area contributed by atoms with Crippen molar-refractivity contribution in [2.24, 2.45) is 0 Å². The number of benzene rings is 1. The van der Waals surface area contributed by atoms with Crippen molar-refractivity contribution in [2.75, 3.05) is 26.2 Å². The predicted octanol–water partition coefficient (Wildman–Crippen LogP) is 1.57. The van der Waals surface area contributed by atoms with Gasteiger partial charge in [-0.05, 0) is 30.7 Å². The van der Waals surface area contributed by atoms with Crippen molar-refractivity contribution in [3.8, 4) is 0 Å². The molecule has 0 unspecified atom stereocenters. The molecule has 0 atom stereocenters. The van der Waals surface area contributed by atoms with Crippen LogP contribution in [0.5, 0.6) is 0 Å². The van der Waals surface area contributed by atoms with Gasteiger partial charge in [-0.2, -0.15) is 4.31 Å². The van der Waals surface area contributed by atoms with Gasteiger partial charge in [0.1, 0.15) is 0 Å². The molecule has 1 aliphatic heterocycles. The molecule has 2 rings (SSSR count). The zero-order chi connectivity index (χ0) is 13.0. The predicted molar refractivity (Wildman–Crippen MR) is 75.3 cm³/mol. The van der Waals surface area contributed by atoms with Gasteiger partial charge in [-0.15, -0.1) is 0 Å². The molecule has 1 saturated heterocycles. The van der Waals surface area contributed by atoms with Crippen LogP contribution in [0.4, 0.5) is 0 Å². The van der Waals surface area contributed by atoms with Crippen molar-refractivity contribution in [3.63, 3.8) is 0 Å². The molecular weight excluding hydrogens is 316 g/mol. The number of alkyl halides is 1. The van der Waals surface area contributed by atoms with Crippen molar-refractivity contribution in [1.29, 1.82) is 0 Å². The standard InChI is InChI=1S/C12H17BrN2O2S/c13-10-11-2-4-12(5-3-11)18(16,17)15-8-1-6-14-7-9-15/h2-5,14H,1,6-10H2. The molecular formula is C12H17BrN2O2S. The summed E-state index contributed by atoms with van der Waals surface area (Å²) < 4.78 is 26.4. The van der Waals surface area contributed by atoms with E-state index >= 15 is 0 Å². The van der Waals surface area contributed by atoms with Crippen LogP contribution >= 0.6 is 15.9 Å². The van der Waals surface area contributed by atoms with E-state index in [1.165, 1.54) is 0 Å². The molecule has 1 aliphatic rings. The van der Waals surface area contributed by atoms with Crippen molar-refractivity contribution < 1.29 is 8.42 Å². The number of hydrogen-bond acceptors (Lipinski definition) is 3. The van der Waals surface area contributed by atoms with Crippen molar-refractivity contribution >= 4 is 26.0 Å². The first-order chi connectivity index (χ1) is 8.64. The summed E-state index contributed by atoms with van der Waals surface area (Å²) in [6, 6.07) is 7.06. The van der Waals surface area contributed by atoms with Gasteiger partial charge in [0.2, 0.25) is 10.0 Å². The molecule has 1 fully saturated rings. The first kappa shape index (κ1) is 14.0. The van der Waals surface area contributed by atoms with Gasteiger partial charge >= 0.3 is 0 Å². The second-order valence-corrected chi connectivity index (χ2v) is 6.78. The molecule has 0 saturated carbocycles. The van der Waals surface area contributed by atoms with E-state index in [9.17, 15) is 8.42 Å². The monoisotopic (exact) mass is 332 g/mol. The number of hydrogen-bond donors (Lipinski definition) is 1. The maximum atomic E-state index is 12.4. The molecule has 1 aromatic rings. The van der Waals surface area contributed by atoms with E-state index in [1.54, 1.807) is 16.4 Å².